The molecule has 33 heavy (non-hydrogen) atoms. The number of carbonyl (C=O) groups is 1. The zero-order valence-electron chi connectivity index (χ0n) is 18.4. The van der Waals surface area contributed by atoms with Gasteiger partial charge in [-0.05, 0) is 79.9 Å². The van der Waals surface area contributed by atoms with Crippen LogP contribution in [0.3, 0.4) is 0 Å². The predicted molar refractivity (Wildman–Crippen MR) is 127 cm³/mol. The van der Waals surface area contributed by atoms with E-state index in [4.69, 9.17) is 0 Å². The molecule has 1 saturated heterocycles. The highest BCUT2D eigenvalue weighted by Gasteiger charge is 2.17. The molecule has 0 atom stereocenters. The number of piperidine rings is 1. The number of rotatable bonds is 7. The molecular formula is C24H27N5O3S. The maximum atomic E-state index is 12.6. The minimum atomic E-state index is -3.82. The lowest BCUT2D eigenvalue weighted by Gasteiger charge is -2.30. The van der Waals surface area contributed by atoms with E-state index < -0.39 is 10.0 Å². The molecule has 0 unspecified atom stereocenters. The minimum Gasteiger partial charge on any atom is -0.322 e. The summed E-state index contributed by atoms with van der Waals surface area (Å²) in [5.74, 6) is 0.545. The molecule has 2 heterocycles. The number of carbonyl (C=O) groups excluding carboxylic acids is 1. The van der Waals surface area contributed by atoms with Gasteiger partial charge in [0.05, 0.1) is 4.90 Å². The third kappa shape index (κ3) is 6.15. The Morgan fingerprint density at radius 2 is 1.64 bits per heavy atom. The summed E-state index contributed by atoms with van der Waals surface area (Å²) in [6, 6.07) is 15.1. The number of hydrogen-bond acceptors (Lipinski definition) is 6. The largest absolute Gasteiger partial charge is 0.322 e. The lowest BCUT2D eigenvalue weighted by Crippen LogP contribution is -2.32. The lowest BCUT2D eigenvalue weighted by atomic mass is 9.99. The molecule has 3 aromatic rings. The summed E-state index contributed by atoms with van der Waals surface area (Å²) in [4.78, 5) is 22.8. The molecule has 4 rings (SSSR count). The van der Waals surface area contributed by atoms with E-state index in [9.17, 15) is 13.2 Å². The van der Waals surface area contributed by atoms with Gasteiger partial charge in [0.1, 0.15) is 0 Å². The van der Waals surface area contributed by atoms with Gasteiger partial charge in [-0.1, -0.05) is 19.1 Å². The molecule has 1 amide bonds. The van der Waals surface area contributed by atoms with E-state index in [1.165, 1.54) is 42.9 Å². The number of hydrogen-bond donors (Lipinski definition) is 2. The fraction of sp³-hybridized carbons (Fsp3) is 0.292. The molecule has 2 aromatic carbocycles. The molecular weight excluding hydrogens is 438 g/mol. The van der Waals surface area contributed by atoms with E-state index >= 15 is 0 Å². The van der Waals surface area contributed by atoms with Crippen molar-refractivity contribution in [2.24, 2.45) is 5.92 Å². The molecule has 1 fully saturated rings. The van der Waals surface area contributed by atoms with Gasteiger partial charge < -0.3 is 5.32 Å². The van der Waals surface area contributed by atoms with Gasteiger partial charge in [0.2, 0.25) is 5.95 Å². The SMILES string of the molecule is CC1CCN(Cc2ccc(C(=O)Nc3ccc(S(=O)(=O)Nc4ncccn4)cc3)cc2)CC1. The molecule has 9 heteroatoms. The molecule has 8 nitrogen and oxygen atoms in total. The van der Waals surface area contributed by atoms with Crippen molar-refractivity contribution in [1.29, 1.82) is 0 Å². The van der Waals surface area contributed by atoms with Gasteiger partial charge in [-0.2, -0.15) is 0 Å². The molecule has 2 N–H and O–H groups in total. The van der Waals surface area contributed by atoms with Crippen molar-refractivity contribution in [1.82, 2.24) is 14.9 Å². The fourth-order valence-corrected chi connectivity index (χ4v) is 4.65. The van der Waals surface area contributed by atoms with Gasteiger partial charge in [0, 0.05) is 30.2 Å². The van der Waals surface area contributed by atoms with Crippen LogP contribution in [-0.2, 0) is 16.6 Å². The number of aromatic nitrogens is 2. The lowest BCUT2D eigenvalue weighted by molar-refractivity contribution is 0.102. The average molecular weight is 466 g/mol. The first kappa shape index (κ1) is 22.9. The maximum Gasteiger partial charge on any atom is 0.264 e. The van der Waals surface area contributed by atoms with Crippen LogP contribution in [0.2, 0.25) is 0 Å². The number of anilines is 2. The Labute approximate surface area is 194 Å². The summed E-state index contributed by atoms with van der Waals surface area (Å²) in [5, 5.41) is 2.80. The number of amides is 1. The fourth-order valence-electron chi connectivity index (χ4n) is 3.69. The van der Waals surface area contributed by atoms with E-state index in [0.717, 1.165) is 25.6 Å². The van der Waals surface area contributed by atoms with Gasteiger partial charge in [-0.25, -0.2) is 23.1 Å². The highest BCUT2D eigenvalue weighted by atomic mass is 32.2. The van der Waals surface area contributed by atoms with Crippen molar-refractivity contribution in [2.45, 2.75) is 31.2 Å². The third-order valence-corrected chi connectivity index (χ3v) is 7.06. The van der Waals surface area contributed by atoms with Crippen LogP contribution < -0.4 is 10.0 Å². The van der Waals surface area contributed by atoms with Crippen molar-refractivity contribution in [3.8, 4) is 0 Å². The first-order chi connectivity index (χ1) is 15.9. The summed E-state index contributed by atoms with van der Waals surface area (Å²) in [6.07, 6.45) is 5.36. The Kier molecular flexibility index (Phi) is 7.00. The Morgan fingerprint density at radius 3 is 2.27 bits per heavy atom. The number of sulfonamides is 1. The zero-order valence-corrected chi connectivity index (χ0v) is 19.3. The van der Waals surface area contributed by atoms with E-state index in [0.29, 0.717) is 11.3 Å². The van der Waals surface area contributed by atoms with Gasteiger partial charge >= 0.3 is 0 Å². The molecule has 0 bridgehead atoms. The zero-order chi connectivity index (χ0) is 23.3. The number of nitrogens with one attached hydrogen (secondary N) is 2. The van der Waals surface area contributed by atoms with Crippen molar-refractivity contribution >= 4 is 27.6 Å². The predicted octanol–water partition coefficient (Wildman–Crippen LogP) is 3.76. The molecule has 0 radical (unpaired) electrons. The second kappa shape index (κ2) is 10.1. The van der Waals surface area contributed by atoms with Crippen LogP contribution in [0.5, 0.6) is 0 Å². The quantitative estimate of drug-likeness (QED) is 0.551. The van der Waals surface area contributed by atoms with E-state index in [1.807, 2.05) is 24.3 Å². The van der Waals surface area contributed by atoms with Crippen LogP contribution in [-0.4, -0.2) is 42.3 Å². The van der Waals surface area contributed by atoms with E-state index in [-0.39, 0.29) is 16.8 Å². The van der Waals surface area contributed by atoms with Crippen molar-refractivity contribution in [3.05, 3.63) is 78.1 Å². The van der Waals surface area contributed by atoms with E-state index in [2.05, 4.69) is 31.8 Å². The first-order valence-electron chi connectivity index (χ1n) is 10.9. The summed E-state index contributed by atoms with van der Waals surface area (Å²) in [7, 11) is -3.82. The van der Waals surface area contributed by atoms with Gasteiger partial charge in [-0.3, -0.25) is 9.69 Å². The molecule has 1 aromatic heterocycles. The Morgan fingerprint density at radius 1 is 1.00 bits per heavy atom. The Hall–Kier alpha value is -3.30. The number of benzene rings is 2. The van der Waals surface area contributed by atoms with Crippen LogP contribution in [0.4, 0.5) is 11.6 Å². The normalized spacial score (nSPS) is 15.2. The topological polar surface area (TPSA) is 104 Å². The molecule has 1 aliphatic rings. The highest BCUT2D eigenvalue weighted by Crippen LogP contribution is 2.19. The first-order valence-corrected chi connectivity index (χ1v) is 12.4. The second-order valence-electron chi connectivity index (χ2n) is 8.31. The van der Waals surface area contributed by atoms with Crippen LogP contribution in [0, 0.1) is 5.92 Å². The number of nitrogens with zero attached hydrogens (tertiary/aromatic N) is 3. The van der Waals surface area contributed by atoms with Crippen molar-refractivity contribution < 1.29 is 13.2 Å². The van der Waals surface area contributed by atoms with Crippen LogP contribution in [0.1, 0.15) is 35.7 Å². The van der Waals surface area contributed by atoms with Crippen molar-refractivity contribution in [2.75, 3.05) is 23.1 Å². The maximum absolute atomic E-state index is 12.6. The molecule has 1 aliphatic heterocycles. The van der Waals surface area contributed by atoms with Gasteiger partial charge in [0.15, 0.2) is 0 Å². The Bertz CT molecular complexity index is 1180. The van der Waals surface area contributed by atoms with Crippen LogP contribution >= 0.6 is 0 Å². The third-order valence-electron chi connectivity index (χ3n) is 5.71. The molecule has 0 aliphatic carbocycles. The van der Waals surface area contributed by atoms with Crippen molar-refractivity contribution in [3.63, 3.8) is 0 Å². The molecule has 172 valence electrons. The van der Waals surface area contributed by atoms with Crippen LogP contribution in [0.15, 0.2) is 71.9 Å². The smallest absolute Gasteiger partial charge is 0.264 e. The molecule has 0 spiro atoms. The van der Waals surface area contributed by atoms with Crippen LogP contribution in [0.25, 0.3) is 0 Å². The Balaban J connectivity index is 1.34. The summed E-state index contributed by atoms with van der Waals surface area (Å²) in [6.45, 7) is 5.42. The standard InChI is InChI=1S/C24H27N5O3S/c1-18-11-15-29(16-12-18)17-19-3-5-20(6-4-19)23(30)27-21-7-9-22(10-8-21)33(31,32)28-24-25-13-2-14-26-24/h2-10,13-14,18H,11-12,15-17H2,1H3,(H,27,30)(H,25,26,28). The summed E-state index contributed by atoms with van der Waals surface area (Å²) < 4.78 is 27.2. The molecule has 0 saturated carbocycles. The summed E-state index contributed by atoms with van der Waals surface area (Å²) >= 11 is 0. The second-order valence-corrected chi connectivity index (χ2v) is 9.99. The van der Waals surface area contributed by atoms with E-state index in [1.54, 1.807) is 18.2 Å². The number of likely N-dealkylation sites (tertiary alicyclic amines) is 1. The monoisotopic (exact) mass is 465 g/mol. The van der Waals surface area contributed by atoms with Gasteiger partial charge in [-0.15, -0.1) is 0 Å². The van der Waals surface area contributed by atoms with Gasteiger partial charge in [0.25, 0.3) is 15.9 Å². The minimum absolute atomic E-state index is 0.00632. The summed E-state index contributed by atoms with van der Waals surface area (Å²) in [5.41, 5.74) is 2.23. The highest BCUT2D eigenvalue weighted by molar-refractivity contribution is 7.92. The average Bonchev–Trinajstić information content (AvgIpc) is 2.82.